The van der Waals surface area contributed by atoms with E-state index in [9.17, 15) is 0 Å². The zero-order valence-corrected chi connectivity index (χ0v) is 34.6. The monoisotopic (exact) mass is 690 g/mol. The van der Waals surface area contributed by atoms with E-state index in [0.717, 1.165) is 71.9 Å². The van der Waals surface area contributed by atoms with Gasteiger partial charge >= 0.3 is 0 Å². The highest BCUT2D eigenvalue weighted by molar-refractivity contribution is 4.57. The second-order valence-corrected chi connectivity index (χ2v) is 14.2. The molecule has 9 nitrogen and oxygen atoms in total. The van der Waals surface area contributed by atoms with Gasteiger partial charge in [-0.3, -0.25) is 0 Å². The highest BCUT2D eigenvalue weighted by atomic mass is 14.9. The lowest BCUT2D eigenvalue weighted by Gasteiger charge is -2.08. The van der Waals surface area contributed by atoms with Crippen molar-refractivity contribution in [3.8, 4) is 0 Å². The van der Waals surface area contributed by atoms with Gasteiger partial charge in [0, 0.05) is 24.2 Å². The van der Waals surface area contributed by atoms with Crippen LogP contribution in [0, 0.1) is 0 Å². The molecule has 0 bridgehead atoms. The predicted molar refractivity (Wildman–Crippen MR) is 221 cm³/mol. The van der Waals surface area contributed by atoms with Gasteiger partial charge in [-0.1, -0.05) is 101 Å². The van der Waals surface area contributed by atoms with E-state index >= 15 is 0 Å². The molecule has 0 spiro atoms. The molecule has 0 saturated heterocycles. The van der Waals surface area contributed by atoms with Crippen molar-refractivity contribution in [1.29, 1.82) is 0 Å². The van der Waals surface area contributed by atoms with Crippen LogP contribution in [0.2, 0.25) is 0 Å². The zero-order valence-electron chi connectivity index (χ0n) is 34.6. The first kappa shape index (κ1) is 54.4. The van der Waals surface area contributed by atoms with Crippen molar-refractivity contribution >= 4 is 0 Å². The number of nitrogens with two attached hydrogens (primary N) is 2. The fourth-order valence-electron chi connectivity index (χ4n) is 4.23. The molecule has 9 heteroatoms. The maximum absolute atomic E-state index is 5.36. The Bertz CT molecular complexity index is 488. The van der Waals surface area contributed by atoms with Gasteiger partial charge in [-0.25, -0.2) is 0 Å². The molecule has 0 rings (SSSR count). The summed E-state index contributed by atoms with van der Waals surface area (Å²) >= 11 is 0. The SMILES string of the molecule is CC(C)NCCCCCN.CC(C)NCCCNCCCN.CCCCCCNC(C)C.CCCCNCCCNCCCNC(C)C. The largest absolute Gasteiger partial charge is 0.330 e. The average molecular weight is 690 g/mol. The Labute approximate surface area is 303 Å². The highest BCUT2D eigenvalue weighted by Gasteiger charge is 1.94. The molecule has 0 heterocycles. The first-order valence-corrected chi connectivity index (χ1v) is 20.5. The summed E-state index contributed by atoms with van der Waals surface area (Å²) in [6, 6.07) is 2.50. The van der Waals surface area contributed by atoms with Crippen LogP contribution in [0.1, 0.15) is 153 Å². The highest BCUT2D eigenvalue weighted by Crippen LogP contribution is 1.97. The first-order valence-electron chi connectivity index (χ1n) is 20.5. The van der Waals surface area contributed by atoms with Gasteiger partial charge in [0.15, 0.2) is 0 Å². The fraction of sp³-hybridized carbons (Fsp3) is 1.00. The van der Waals surface area contributed by atoms with E-state index < -0.39 is 0 Å². The quantitative estimate of drug-likeness (QED) is 0.0406. The number of unbranched alkanes of at least 4 members (excludes halogenated alkanes) is 6. The fourth-order valence-corrected chi connectivity index (χ4v) is 4.23. The van der Waals surface area contributed by atoms with Crippen LogP contribution in [0.5, 0.6) is 0 Å². The second-order valence-electron chi connectivity index (χ2n) is 14.2. The van der Waals surface area contributed by atoms with Crippen LogP contribution >= 0.6 is 0 Å². The number of hydrogen-bond donors (Lipinski definition) is 9. The van der Waals surface area contributed by atoms with Crippen molar-refractivity contribution in [3.63, 3.8) is 0 Å². The molecule has 0 radical (unpaired) electrons. The smallest absolute Gasteiger partial charge is 0.00103 e. The molecule has 0 aromatic heterocycles. The van der Waals surface area contributed by atoms with Gasteiger partial charge in [0.2, 0.25) is 0 Å². The Kier molecular flexibility index (Phi) is 57.8. The summed E-state index contributed by atoms with van der Waals surface area (Å²) in [5, 5.41) is 23.8. The van der Waals surface area contributed by atoms with Gasteiger partial charge in [-0.05, 0) is 130 Å². The van der Waals surface area contributed by atoms with E-state index in [2.05, 4.69) is 106 Å². The molecular formula is C39H95N9. The Morgan fingerprint density at radius 1 is 0.312 bits per heavy atom. The van der Waals surface area contributed by atoms with E-state index in [1.807, 2.05) is 0 Å². The molecule has 11 N–H and O–H groups in total. The van der Waals surface area contributed by atoms with E-state index in [0.29, 0.717) is 24.2 Å². The Balaban J connectivity index is -0.000000275. The average Bonchev–Trinajstić information content (AvgIpc) is 3.03. The molecule has 48 heavy (non-hydrogen) atoms. The number of rotatable bonds is 32. The summed E-state index contributed by atoms with van der Waals surface area (Å²) in [4.78, 5) is 0. The van der Waals surface area contributed by atoms with Crippen LogP contribution in [-0.2, 0) is 0 Å². The molecule has 0 unspecified atom stereocenters. The van der Waals surface area contributed by atoms with Gasteiger partial charge in [0.25, 0.3) is 0 Å². The van der Waals surface area contributed by atoms with Gasteiger partial charge in [0.1, 0.15) is 0 Å². The standard InChI is InChI=1S/C13H31N3.C9H23N3.C9H21N.C8H20N2/c1-4-5-8-14-9-6-10-15-11-7-12-16-13(2)3;1-9(2)12-8-4-7-11-6-3-5-10;1-4-5-6-7-8-10-9(2)3;1-8(2)10-7-5-3-4-6-9/h13-16H,4-12H2,1-3H3;9,11-12H,3-8,10H2,1-2H3;9-10H,4-8H2,1-3H3;8,10H,3-7,9H2,1-2H3. The topological polar surface area (TPSA) is 136 Å². The Morgan fingerprint density at radius 3 is 0.938 bits per heavy atom. The van der Waals surface area contributed by atoms with Crippen molar-refractivity contribution in [3.05, 3.63) is 0 Å². The third-order valence-corrected chi connectivity index (χ3v) is 7.15. The van der Waals surface area contributed by atoms with E-state index in [1.165, 1.54) is 90.1 Å². The lowest BCUT2D eigenvalue weighted by atomic mass is 10.2. The normalized spacial score (nSPS) is 11.0. The maximum atomic E-state index is 5.36. The van der Waals surface area contributed by atoms with Crippen LogP contribution < -0.4 is 48.7 Å². The van der Waals surface area contributed by atoms with E-state index in [4.69, 9.17) is 11.5 Å². The third kappa shape index (κ3) is 71.6. The van der Waals surface area contributed by atoms with Crippen LogP contribution in [0.4, 0.5) is 0 Å². The Hall–Kier alpha value is -0.360. The van der Waals surface area contributed by atoms with Crippen LogP contribution in [0.15, 0.2) is 0 Å². The van der Waals surface area contributed by atoms with Crippen LogP contribution in [0.25, 0.3) is 0 Å². The molecule has 0 atom stereocenters. The van der Waals surface area contributed by atoms with Crippen LogP contribution in [0.3, 0.4) is 0 Å². The lowest BCUT2D eigenvalue weighted by Crippen LogP contribution is -2.28. The molecular weight excluding hydrogens is 594 g/mol. The lowest BCUT2D eigenvalue weighted by molar-refractivity contribution is 0.535. The van der Waals surface area contributed by atoms with Gasteiger partial charge in [-0.2, -0.15) is 0 Å². The first-order chi connectivity index (χ1) is 23.1. The van der Waals surface area contributed by atoms with Gasteiger partial charge in [-0.15, -0.1) is 0 Å². The molecule has 0 fully saturated rings. The van der Waals surface area contributed by atoms with Crippen molar-refractivity contribution < 1.29 is 0 Å². The molecule has 0 saturated carbocycles. The molecule has 0 amide bonds. The van der Waals surface area contributed by atoms with Gasteiger partial charge < -0.3 is 48.7 Å². The van der Waals surface area contributed by atoms with E-state index in [1.54, 1.807) is 0 Å². The molecule has 0 aliphatic rings. The van der Waals surface area contributed by atoms with Crippen molar-refractivity contribution in [1.82, 2.24) is 37.2 Å². The second kappa shape index (κ2) is 51.0. The summed E-state index contributed by atoms with van der Waals surface area (Å²) in [5.74, 6) is 0. The third-order valence-electron chi connectivity index (χ3n) is 7.15. The predicted octanol–water partition coefficient (Wildman–Crippen LogP) is 5.73. The van der Waals surface area contributed by atoms with Crippen molar-refractivity contribution in [2.45, 2.75) is 177 Å². The Morgan fingerprint density at radius 2 is 0.604 bits per heavy atom. The molecule has 296 valence electrons. The van der Waals surface area contributed by atoms with Crippen molar-refractivity contribution in [2.75, 3.05) is 78.5 Å². The summed E-state index contributed by atoms with van der Waals surface area (Å²) < 4.78 is 0. The molecule has 0 aromatic carbocycles. The minimum absolute atomic E-state index is 0.606. The zero-order chi connectivity index (χ0) is 36.9. The minimum atomic E-state index is 0.606. The molecule has 0 aliphatic heterocycles. The molecule has 0 aromatic rings. The summed E-state index contributed by atoms with van der Waals surface area (Å²) in [7, 11) is 0. The summed E-state index contributed by atoms with van der Waals surface area (Å²) in [6.07, 6.45) is 16.5. The van der Waals surface area contributed by atoms with Crippen molar-refractivity contribution in [2.24, 2.45) is 11.5 Å². The molecule has 0 aliphatic carbocycles. The van der Waals surface area contributed by atoms with E-state index in [-0.39, 0.29) is 0 Å². The summed E-state index contributed by atoms with van der Waals surface area (Å²) in [5.41, 5.74) is 10.7. The number of hydrogen-bond acceptors (Lipinski definition) is 9. The maximum Gasteiger partial charge on any atom is 0.00103 e. The minimum Gasteiger partial charge on any atom is -0.330 e. The number of nitrogens with one attached hydrogen (secondary N) is 7. The summed E-state index contributed by atoms with van der Waals surface area (Å²) in [6.45, 7) is 34.9. The van der Waals surface area contributed by atoms with Gasteiger partial charge in [0.05, 0.1) is 0 Å². The van der Waals surface area contributed by atoms with Crippen LogP contribution in [-0.4, -0.2) is 103 Å².